The third-order valence-electron chi connectivity index (χ3n) is 2.44. The molecule has 0 aromatic carbocycles. The average Bonchev–Trinajstić information content (AvgIpc) is 1.95. The van der Waals surface area contributed by atoms with Gasteiger partial charge in [-0.05, 0) is 19.3 Å². The van der Waals surface area contributed by atoms with Crippen molar-refractivity contribution in [3.63, 3.8) is 0 Å². The monoisotopic (exact) mass is 220 g/mol. The van der Waals surface area contributed by atoms with E-state index in [4.69, 9.17) is 4.74 Å². The standard InChI is InChI=1S/C9H17BrO/c1-2-4-9(5-3-6-10)7-11-8-9/h2-8H2,1H3. The zero-order valence-corrected chi connectivity index (χ0v) is 8.82. The van der Waals surface area contributed by atoms with Crippen LogP contribution < -0.4 is 0 Å². The maximum atomic E-state index is 5.27. The quantitative estimate of drug-likeness (QED) is 0.648. The SMILES string of the molecule is CCCC1(CCCBr)COC1. The summed E-state index contributed by atoms with van der Waals surface area (Å²) in [5, 5.41) is 1.14. The minimum atomic E-state index is 0.572. The van der Waals surface area contributed by atoms with Gasteiger partial charge < -0.3 is 4.74 Å². The zero-order valence-electron chi connectivity index (χ0n) is 7.24. The van der Waals surface area contributed by atoms with E-state index in [2.05, 4.69) is 22.9 Å². The van der Waals surface area contributed by atoms with Crippen LogP contribution in [-0.2, 0) is 4.74 Å². The number of ether oxygens (including phenoxy) is 1. The first-order valence-corrected chi connectivity index (χ1v) is 5.59. The van der Waals surface area contributed by atoms with Gasteiger partial charge in [-0.1, -0.05) is 29.3 Å². The van der Waals surface area contributed by atoms with Crippen molar-refractivity contribution >= 4 is 15.9 Å². The highest BCUT2D eigenvalue weighted by molar-refractivity contribution is 9.09. The molecule has 1 rings (SSSR count). The molecule has 1 aliphatic rings. The van der Waals surface area contributed by atoms with Gasteiger partial charge in [0.05, 0.1) is 13.2 Å². The molecule has 0 aliphatic carbocycles. The van der Waals surface area contributed by atoms with Crippen molar-refractivity contribution in [1.82, 2.24) is 0 Å². The van der Waals surface area contributed by atoms with Gasteiger partial charge in [0.1, 0.15) is 0 Å². The van der Waals surface area contributed by atoms with Crippen LogP contribution >= 0.6 is 15.9 Å². The molecular formula is C9H17BrO. The molecule has 1 aliphatic heterocycles. The summed E-state index contributed by atoms with van der Waals surface area (Å²) in [5.41, 5.74) is 0.572. The average molecular weight is 221 g/mol. The number of alkyl halides is 1. The third kappa shape index (κ3) is 2.45. The van der Waals surface area contributed by atoms with Crippen LogP contribution in [0.5, 0.6) is 0 Å². The summed E-state index contributed by atoms with van der Waals surface area (Å²) in [5.74, 6) is 0. The Morgan fingerprint density at radius 1 is 1.36 bits per heavy atom. The molecule has 1 saturated heterocycles. The van der Waals surface area contributed by atoms with Crippen LogP contribution in [0.25, 0.3) is 0 Å². The lowest BCUT2D eigenvalue weighted by molar-refractivity contribution is -0.122. The molecule has 0 radical (unpaired) electrons. The van der Waals surface area contributed by atoms with Crippen LogP contribution in [-0.4, -0.2) is 18.5 Å². The first-order chi connectivity index (χ1) is 5.33. The summed E-state index contributed by atoms with van der Waals surface area (Å²) in [7, 11) is 0. The zero-order chi connectivity index (χ0) is 8.16. The maximum Gasteiger partial charge on any atom is 0.0544 e. The van der Waals surface area contributed by atoms with Gasteiger partial charge in [0, 0.05) is 10.7 Å². The van der Waals surface area contributed by atoms with E-state index < -0.39 is 0 Å². The largest absolute Gasteiger partial charge is 0.380 e. The number of rotatable bonds is 5. The van der Waals surface area contributed by atoms with E-state index in [-0.39, 0.29) is 0 Å². The summed E-state index contributed by atoms with van der Waals surface area (Å²) >= 11 is 3.47. The molecule has 0 atom stereocenters. The van der Waals surface area contributed by atoms with Gasteiger partial charge in [0.2, 0.25) is 0 Å². The number of hydrogen-bond donors (Lipinski definition) is 0. The molecule has 0 unspecified atom stereocenters. The van der Waals surface area contributed by atoms with Crippen molar-refractivity contribution in [2.75, 3.05) is 18.5 Å². The molecule has 0 bridgehead atoms. The van der Waals surface area contributed by atoms with E-state index in [1.807, 2.05) is 0 Å². The summed E-state index contributed by atoms with van der Waals surface area (Å²) in [6.45, 7) is 4.27. The fraction of sp³-hybridized carbons (Fsp3) is 1.00. The Labute approximate surface area is 77.6 Å². The van der Waals surface area contributed by atoms with E-state index in [0.29, 0.717) is 5.41 Å². The Morgan fingerprint density at radius 2 is 2.09 bits per heavy atom. The van der Waals surface area contributed by atoms with Gasteiger partial charge in [0.25, 0.3) is 0 Å². The van der Waals surface area contributed by atoms with Gasteiger partial charge >= 0.3 is 0 Å². The fourth-order valence-electron chi connectivity index (χ4n) is 1.78. The van der Waals surface area contributed by atoms with Gasteiger partial charge in [0.15, 0.2) is 0 Å². The van der Waals surface area contributed by atoms with Crippen LogP contribution in [0.4, 0.5) is 0 Å². The summed E-state index contributed by atoms with van der Waals surface area (Å²) in [6.07, 6.45) is 5.28. The highest BCUT2D eigenvalue weighted by Crippen LogP contribution is 2.37. The second kappa shape index (κ2) is 4.46. The van der Waals surface area contributed by atoms with Crippen LogP contribution in [0.1, 0.15) is 32.6 Å². The first kappa shape index (κ1) is 9.53. The van der Waals surface area contributed by atoms with Crippen molar-refractivity contribution in [3.8, 4) is 0 Å². The van der Waals surface area contributed by atoms with E-state index in [1.165, 1.54) is 25.7 Å². The molecule has 0 aromatic rings. The third-order valence-corrected chi connectivity index (χ3v) is 3.00. The summed E-state index contributed by atoms with van der Waals surface area (Å²) in [6, 6.07) is 0. The Hall–Kier alpha value is 0.440. The highest BCUT2D eigenvalue weighted by Gasteiger charge is 2.36. The molecule has 1 nitrogen and oxygen atoms in total. The lowest BCUT2D eigenvalue weighted by atomic mass is 9.78. The molecule has 1 fully saturated rings. The van der Waals surface area contributed by atoms with Gasteiger partial charge in [-0.25, -0.2) is 0 Å². The number of hydrogen-bond acceptors (Lipinski definition) is 1. The van der Waals surface area contributed by atoms with Gasteiger partial charge in [-0.2, -0.15) is 0 Å². The van der Waals surface area contributed by atoms with E-state index >= 15 is 0 Å². The van der Waals surface area contributed by atoms with Crippen molar-refractivity contribution < 1.29 is 4.74 Å². The smallest absolute Gasteiger partial charge is 0.0544 e. The highest BCUT2D eigenvalue weighted by atomic mass is 79.9. The van der Waals surface area contributed by atoms with Crippen LogP contribution in [0.15, 0.2) is 0 Å². The molecular weight excluding hydrogens is 204 g/mol. The van der Waals surface area contributed by atoms with Crippen molar-refractivity contribution in [2.45, 2.75) is 32.6 Å². The number of halogens is 1. The molecule has 0 saturated carbocycles. The fourth-order valence-corrected chi connectivity index (χ4v) is 2.06. The molecule has 0 spiro atoms. The van der Waals surface area contributed by atoms with Crippen LogP contribution in [0.3, 0.4) is 0 Å². The Bertz CT molecular complexity index is 110. The lowest BCUT2D eigenvalue weighted by Crippen LogP contribution is -2.42. The predicted octanol–water partition coefficient (Wildman–Crippen LogP) is 2.98. The van der Waals surface area contributed by atoms with Crippen molar-refractivity contribution in [2.24, 2.45) is 5.41 Å². The minimum Gasteiger partial charge on any atom is -0.380 e. The normalized spacial score (nSPS) is 21.3. The summed E-state index contributed by atoms with van der Waals surface area (Å²) in [4.78, 5) is 0. The molecule has 2 heteroatoms. The van der Waals surface area contributed by atoms with E-state index in [1.54, 1.807) is 0 Å². The lowest BCUT2D eigenvalue weighted by Gasteiger charge is -2.41. The molecule has 1 heterocycles. The van der Waals surface area contributed by atoms with E-state index in [0.717, 1.165) is 18.5 Å². The second-order valence-electron chi connectivity index (χ2n) is 3.54. The van der Waals surface area contributed by atoms with Crippen LogP contribution in [0.2, 0.25) is 0 Å². The Kier molecular flexibility index (Phi) is 3.86. The van der Waals surface area contributed by atoms with E-state index in [9.17, 15) is 0 Å². The maximum absolute atomic E-state index is 5.27. The first-order valence-electron chi connectivity index (χ1n) is 4.47. The Morgan fingerprint density at radius 3 is 2.45 bits per heavy atom. The predicted molar refractivity (Wildman–Crippen MR) is 51.2 cm³/mol. The Balaban J connectivity index is 2.22. The molecule has 0 amide bonds. The molecule has 11 heavy (non-hydrogen) atoms. The molecule has 0 aromatic heterocycles. The second-order valence-corrected chi connectivity index (χ2v) is 4.33. The molecule has 66 valence electrons. The summed E-state index contributed by atoms with van der Waals surface area (Å²) < 4.78 is 5.27. The minimum absolute atomic E-state index is 0.572. The van der Waals surface area contributed by atoms with Gasteiger partial charge in [-0.15, -0.1) is 0 Å². The van der Waals surface area contributed by atoms with Crippen molar-refractivity contribution in [1.29, 1.82) is 0 Å². The molecule has 0 N–H and O–H groups in total. The van der Waals surface area contributed by atoms with Crippen molar-refractivity contribution in [3.05, 3.63) is 0 Å². The topological polar surface area (TPSA) is 9.23 Å². The van der Waals surface area contributed by atoms with Crippen LogP contribution in [0, 0.1) is 5.41 Å². The van der Waals surface area contributed by atoms with Gasteiger partial charge in [-0.3, -0.25) is 0 Å².